The first-order valence-corrected chi connectivity index (χ1v) is 6.98. The number of rotatable bonds is 2. The molecule has 0 radical (unpaired) electrons. The summed E-state index contributed by atoms with van der Waals surface area (Å²) in [6.07, 6.45) is 2.46. The van der Waals surface area contributed by atoms with Gasteiger partial charge in [-0.15, -0.1) is 0 Å². The Morgan fingerprint density at radius 1 is 1.28 bits per heavy atom. The largest absolute Gasteiger partial charge is 0.363 e. The molecule has 2 aliphatic heterocycles. The second-order valence-corrected chi connectivity index (χ2v) is 5.48. The molecule has 2 unspecified atom stereocenters. The van der Waals surface area contributed by atoms with Gasteiger partial charge in [-0.05, 0) is 30.4 Å². The molecule has 1 aromatic rings. The van der Waals surface area contributed by atoms with E-state index in [-0.39, 0.29) is 12.9 Å². The summed E-state index contributed by atoms with van der Waals surface area (Å²) in [5.74, 6) is 0. The van der Waals surface area contributed by atoms with E-state index in [0.29, 0.717) is 6.04 Å². The topological polar surface area (TPSA) is 41.3 Å². The molecule has 1 saturated heterocycles. The number of para-hydroxylation sites is 1. The van der Waals surface area contributed by atoms with Crippen molar-refractivity contribution in [3.05, 3.63) is 41.4 Å². The number of nitrogens with one attached hydrogen (secondary N) is 1. The van der Waals surface area contributed by atoms with Gasteiger partial charge in [0.05, 0.1) is 6.04 Å². The van der Waals surface area contributed by atoms with Crippen LogP contribution >= 0.6 is 11.8 Å². The molecule has 2 heterocycles. The lowest BCUT2D eigenvalue weighted by Crippen LogP contribution is -2.39. The molecule has 1 aromatic carbocycles. The summed E-state index contributed by atoms with van der Waals surface area (Å²) in [6.45, 7) is 1.13. The molecule has 0 bridgehead atoms. The van der Waals surface area contributed by atoms with Crippen LogP contribution in [-0.4, -0.2) is 18.1 Å². The van der Waals surface area contributed by atoms with E-state index >= 15 is 0 Å². The first-order valence-electron chi connectivity index (χ1n) is 6.04. The highest BCUT2D eigenvalue weighted by atomic mass is 32.2. The Bertz CT molecular complexity index is 418. The maximum Gasteiger partial charge on any atom is 0.127 e. The third-order valence-electron chi connectivity index (χ3n) is 3.35. The van der Waals surface area contributed by atoms with E-state index in [1.807, 2.05) is 0 Å². The highest BCUT2D eigenvalue weighted by molar-refractivity contribution is 8.02. The predicted octanol–water partition coefficient (Wildman–Crippen LogP) is 2.71. The second kappa shape index (κ2) is 5.67. The van der Waals surface area contributed by atoms with Crippen LogP contribution in [0.25, 0.3) is 0 Å². The van der Waals surface area contributed by atoms with Gasteiger partial charge < -0.3 is 16.0 Å². The molecular formula is C14H21N3S. The quantitative estimate of drug-likeness (QED) is 0.861. The van der Waals surface area contributed by atoms with Crippen LogP contribution in [0.1, 0.15) is 20.3 Å². The fourth-order valence-electron chi connectivity index (χ4n) is 2.57. The van der Waals surface area contributed by atoms with Crippen molar-refractivity contribution < 1.29 is 0 Å². The number of thioether (sulfide) groups is 1. The van der Waals surface area contributed by atoms with Gasteiger partial charge in [-0.1, -0.05) is 37.4 Å². The number of benzene rings is 1. The minimum Gasteiger partial charge on any atom is -0.363 e. The van der Waals surface area contributed by atoms with Crippen molar-refractivity contribution >= 4 is 17.4 Å². The van der Waals surface area contributed by atoms with E-state index in [4.69, 9.17) is 5.73 Å². The average Bonchev–Trinajstić information content (AvgIpc) is 2.98. The Labute approximate surface area is 113 Å². The molecule has 0 saturated carbocycles. The van der Waals surface area contributed by atoms with Crippen molar-refractivity contribution in [3.63, 3.8) is 0 Å². The molecule has 18 heavy (non-hydrogen) atoms. The molecule has 3 nitrogen and oxygen atoms in total. The third-order valence-corrected chi connectivity index (χ3v) is 4.15. The molecule has 1 fully saturated rings. The van der Waals surface area contributed by atoms with Crippen LogP contribution in [-0.2, 0) is 0 Å². The van der Waals surface area contributed by atoms with Crippen LogP contribution < -0.4 is 16.0 Å². The summed E-state index contributed by atoms with van der Waals surface area (Å²) < 4.78 is 0. The van der Waals surface area contributed by atoms with Gasteiger partial charge in [-0.3, -0.25) is 0 Å². The molecule has 3 N–H and O–H groups in total. The van der Waals surface area contributed by atoms with Crippen molar-refractivity contribution in [2.45, 2.75) is 31.8 Å². The van der Waals surface area contributed by atoms with E-state index in [1.54, 1.807) is 11.8 Å². The van der Waals surface area contributed by atoms with Gasteiger partial charge in [0, 0.05) is 17.9 Å². The third kappa shape index (κ3) is 2.49. The zero-order valence-corrected chi connectivity index (χ0v) is 10.5. The summed E-state index contributed by atoms with van der Waals surface area (Å²) in [5.41, 5.74) is 8.48. The van der Waals surface area contributed by atoms with Crippen LogP contribution in [0.3, 0.4) is 0 Å². The average molecular weight is 263 g/mol. The molecule has 98 valence electrons. The fraction of sp³-hybridized carbons (Fsp3) is 0.429. The first kappa shape index (κ1) is 13.3. The van der Waals surface area contributed by atoms with Crippen molar-refractivity contribution in [3.8, 4) is 0 Å². The van der Waals surface area contributed by atoms with Crippen molar-refractivity contribution in [1.29, 1.82) is 0 Å². The van der Waals surface area contributed by atoms with E-state index < -0.39 is 0 Å². The van der Waals surface area contributed by atoms with Crippen LogP contribution in [0.15, 0.2) is 41.4 Å². The molecule has 3 rings (SSSR count). The van der Waals surface area contributed by atoms with Crippen LogP contribution in [0.5, 0.6) is 0 Å². The van der Waals surface area contributed by atoms with Gasteiger partial charge >= 0.3 is 0 Å². The number of nitrogens with two attached hydrogens (primary N) is 1. The molecule has 2 atom stereocenters. The number of nitrogens with zero attached hydrogens (tertiary/aromatic N) is 1. The predicted molar refractivity (Wildman–Crippen MR) is 80.3 cm³/mol. The second-order valence-electron chi connectivity index (χ2n) is 4.46. The van der Waals surface area contributed by atoms with E-state index in [9.17, 15) is 0 Å². The summed E-state index contributed by atoms with van der Waals surface area (Å²) >= 11 is 1.67. The van der Waals surface area contributed by atoms with Crippen molar-refractivity contribution in [2.75, 3.05) is 11.4 Å². The van der Waals surface area contributed by atoms with Crippen molar-refractivity contribution in [2.24, 2.45) is 5.73 Å². The summed E-state index contributed by atoms with van der Waals surface area (Å²) in [6, 6.07) is 11.1. The number of hydrogen-bond acceptors (Lipinski definition) is 4. The Balaban J connectivity index is 0.00000120. The minimum absolute atomic E-state index is 0. The zero-order valence-electron chi connectivity index (χ0n) is 9.67. The van der Waals surface area contributed by atoms with Gasteiger partial charge in [-0.25, -0.2) is 0 Å². The van der Waals surface area contributed by atoms with Gasteiger partial charge in [0.25, 0.3) is 0 Å². The molecule has 0 aliphatic carbocycles. The standard InChI is InChI=1S/C13H17N3S.CH4/c14-13-15-11(9-17-13)12-7-4-8-16(12)10-5-2-1-3-6-10;/h1-3,5-6,9,12-13,15H,4,7-8,14H2;1H4. The molecule has 0 amide bonds. The smallest absolute Gasteiger partial charge is 0.127 e. The van der Waals surface area contributed by atoms with Gasteiger partial charge in [-0.2, -0.15) is 0 Å². The molecule has 0 spiro atoms. The lowest BCUT2D eigenvalue weighted by atomic mass is 10.1. The fourth-order valence-corrected chi connectivity index (χ4v) is 3.29. The first-order chi connectivity index (χ1) is 8.34. The molecular weight excluding hydrogens is 242 g/mol. The summed E-state index contributed by atoms with van der Waals surface area (Å²) in [4.78, 5) is 2.47. The number of anilines is 1. The molecule has 0 aromatic heterocycles. The highest BCUT2D eigenvalue weighted by Crippen LogP contribution is 2.32. The monoisotopic (exact) mass is 263 g/mol. The van der Waals surface area contributed by atoms with Gasteiger partial charge in [0.1, 0.15) is 5.50 Å². The van der Waals surface area contributed by atoms with Crippen molar-refractivity contribution in [1.82, 2.24) is 5.32 Å². The minimum atomic E-state index is 0. The van der Waals surface area contributed by atoms with E-state index in [1.165, 1.54) is 24.2 Å². The zero-order chi connectivity index (χ0) is 11.7. The Hall–Kier alpha value is -1.13. The maximum absolute atomic E-state index is 5.86. The molecule has 4 heteroatoms. The Morgan fingerprint density at radius 3 is 2.72 bits per heavy atom. The lowest BCUT2D eigenvalue weighted by Gasteiger charge is -2.28. The van der Waals surface area contributed by atoms with Crippen LogP contribution in [0.4, 0.5) is 5.69 Å². The summed E-state index contributed by atoms with van der Waals surface area (Å²) in [5, 5.41) is 5.53. The van der Waals surface area contributed by atoms with E-state index in [0.717, 1.165) is 6.54 Å². The molecule has 2 aliphatic rings. The Kier molecular flexibility index (Phi) is 4.19. The van der Waals surface area contributed by atoms with Crippen LogP contribution in [0, 0.1) is 0 Å². The maximum atomic E-state index is 5.86. The van der Waals surface area contributed by atoms with Gasteiger partial charge in [0.2, 0.25) is 0 Å². The SMILES string of the molecule is C.NC1NC(C2CCCN2c2ccccc2)=CS1. The number of hydrogen-bond donors (Lipinski definition) is 2. The lowest BCUT2D eigenvalue weighted by molar-refractivity contribution is 0.663. The normalized spacial score (nSPS) is 26.5. The van der Waals surface area contributed by atoms with Crippen LogP contribution in [0.2, 0.25) is 0 Å². The summed E-state index contributed by atoms with van der Waals surface area (Å²) in [7, 11) is 0. The Morgan fingerprint density at radius 2 is 2.06 bits per heavy atom. The van der Waals surface area contributed by atoms with E-state index in [2.05, 4.69) is 46.0 Å². The van der Waals surface area contributed by atoms with Gasteiger partial charge in [0.15, 0.2) is 0 Å². The highest BCUT2D eigenvalue weighted by Gasteiger charge is 2.30.